The number of rotatable bonds is 5. The molecule has 0 unspecified atom stereocenters. The molecule has 0 saturated heterocycles. The number of hydrogen-bond donors (Lipinski definition) is 1. The van der Waals surface area contributed by atoms with E-state index in [-0.39, 0.29) is 0 Å². The zero-order valence-electron chi connectivity index (χ0n) is 10.4. The molecule has 3 rings (SSSR count). The van der Waals surface area contributed by atoms with Crippen molar-refractivity contribution in [2.24, 2.45) is 0 Å². The summed E-state index contributed by atoms with van der Waals surface area (Å²) in [5.74, 6) is 0. The molecule has 2 aromatic heterocycles. The highest BCUT2D eigenvalue weighted by atomic mass is 32.1. The van der Waals surface area contributed by atoms with Gasteiger partial charge in [-0.25, -0.2) is 0 Å². The summed E-state index contributed by atoms with van der Waals surface area (Å²) in [6.45, 7) is 1.60. The molecule has 0 amide bonds. The maximum absolute atomic E-state index is 4.45. The zero-order valence-corrected chi connectivity index (χ0v) is 11.2. The lowest BCUT2D eigenvalue weighted by Crippen LogP contribution is -2.12. The molecule has 4 nitrogen and oxygen atoms in total. The van der Waals surface area contributed by atoms with E-state index in [0.29, 0.717) is 0 Å². The van der Waals surface area contributed by atoms with Crippen LogP contribution in [0.5, 0.6) is 0 Å². The maximum atomic E-state index is 4.45. The van der Waals surface area contributed by atoms with Crippen LogP contribution in [0.4, 0.5) is 0 Å². The highest BCUT2D eigenvalue weighted by Crippen LogP contribution is 2.08. The van der Waals surface area contributed by atoms with E-state index in [1.54, 1.807) is 22.3 Å². The van der Waals surface area contributed by atoms with E-state index < -0.39 is 0 Å². The Labute approximate surface area is 115 Å². The van der Waals surface area contributed by atoms with Crippen LogP contribution in [0.3, 0.4) is 0 Å². The molecule has 0 aliphatic carbocycles. The number of para-hydroxylation sites is 1. The first kappa shape index (κ1) is 12.1. The van der Waals surface area contributed by atoms with E-state index in [2.05, 4.69) is 33.0 Å². The maximum Gasteiger partial charge on any atom is 0.0969 e. The Kier molecular flexibility index (Phi) is 3.67. The van der Waals surface area contributed by atoms with Gasteiger partial charge in [0.05, 0.1) is 17.6 Å². The van der Waals surface area contributed by atoms with Crippen LogP contribution in [-0.4, -0.2) is 15.0 Å². The molecule has 0 aliphatic heterocycles. The number of aromatic nitrogens is 3. The van der Waals surface area contributed by atoms with Gasteiger partial charge in [0.25, 0.3) is 0 Å². The monoisotopic (exact) mass is 270 g/mol. The molecular weight excluding hydrogens is 256 g/mol. The smallest absolute Gasteiger partial charge is 0.0969 e. The molecule has 0 fully saturated rings. The van der Waals surface area contributed by atoms with Crippen LogP contribution >= 0.6 is 11.3 Å². The predicted molar refractivity (Wildman–Crippen MR) is 76.2 cm³/mol. The largest absolute Gasteiger partial charge is 0.306 e. The second-order valence-electron chi connectivity index (χ2n) is 4.14. The van der Waals surface area contributed by atoms with Gasteiger partial charge >= 0.3 is 0 Å². The minimum Gasteiger partial charge on any atom is -0.306 e. The summed E-state index contributed by atoms with van der Waals surface area (Å²) < 4.78 is 0. The number of nitrogens with zero attached hydrogens (tertiary/aromatic N) is 3. The fourth-order valence-corrected chi connectivity index (χ4v) is 2.46. The molecule has 96 valence electrons. The Morgan fingerprint density at radius 3 is 2.74 bits per heavy atom. The molecule has 0 aliphatic rings. The summed E-state index contributed by atoms with van der Waals surface area (Å²) in [5, 5.41) is 14.2. The molecular formula is C14H14N4S. The van der Waals surface area contributed by atoms with Gasteiger partial charge in [-0.1, -0.05) is 24.3 Å². The van der Waals surface area contributed by atoms with E-state index in [1.165, 1.54) is 4.88 Å². The molecule has 1 N–H and O–H groups in total. The molecule has 0 saturated carbocycles. The molecule has 1 aromatic carbocycles. The van der Waals surface area contributed by atoms with Crippen LogP contribution in [-0.2, 0) is 13.1 Å². The van der Waals surface area contributed by atoms with E-state index >= 15 is 0 Å². The van der Waals surface area contributed by atoms with Gasteiger partial charge in [-0.15, -0.1) is 11.3 Å². The predicted octanol–water partition coefficient (Wildman–Crippen LogP) is 2.62. The van der Waals surface area contributed by atoms with Gasteiger partial charge in [0.1, 0.15) is 0 Å². The Hall–Kier alpha value is -1.98. The summed E-state index contributed by atoms with van der Waals surface area (Å²) in [4.78, 5) is 2.98. The Morgan fingerprint density at radius 1 is 1.05 bits per heavy atom. The highest BCUT2D eigenvalue weighted by Gasteiger charge is 2.02. The summed E-state index contributed by atoms with van der Waals surface area (Å²) >= 11 is 1.76. The van der Waals surface area contributed by atoms with Crippen molar-refractivity contribution in [3.8, 4) is 5.69 Å². The number of nitrogens with one attached hydrogen (secondary N) is 1. The van der Waals surface area contributed by atoms with Crippen molar-refractivity contribution in [1.29, 1.82) is 0 Å². The van der Waals surface area contributed by atoms with Crippen molar-refractivity contribution in [1.82, 2.24) is 20.3 Å². The van der Waals surface area contributed by atoms with E-state index in [1.807, 2.05) is 30.3 Å². The standard InChI is InChI=1S/C14H14N4S/c1-2-5-13(6-3-1)18-16-10-12(17-18)9-15-11-14-7-4-8-19-14/h1-8,10,15H,9,11H2. The first-order chi connectivity index (χ1) is 9.42. The lowest BCUT2D eigenvalue weighted by Gasteiger charge is -2.00. The molecule has 5 heteroatoms. The first-order valence-corrected chi connectivity index (χ1v) is 6.99. The second-order valence-corrected chi connectivity index (χ2v) is 5.18. The molecule has 2 heterocycles. The van der Waals surface area contributed by atoms with Gasteiger partial charge in [-0.05, 0) is 23.6 Å². The van der Waals surface area contributed by atoms with Crippen molar-refractivity contribution in [2.45, 2.75) is 13.1 Å². The third-order valence-corrected chi connectivity index (χ3v) is 3.59. The minimum absolute atomic E-state index is 0.727. The van der Waals surface area contributed by atoms with Crippen molar-refractivity contribution in [3.63, 3.8) is 0 Å². The van der Waals surface area contributed by atoms with Crippen molar-refractivity contribution < 1.29 is 0 Å². The van der Waals surface area contributed by atoms with Gasteiger partial charge in [0.15, 0.2) is 0 Å². The Bertz CT molecular complexity index is 616. The molecule has 0 radical (unpaired) electrons. The molecule has 0 spiro atoms. The van der Waals surface area contributed by atoms with Gasteiger partial charge in [-0.2, -0.15) is 15.0 Å². The number of thiophene rings is 1. The zero-order chi connectivity index (χ0) is 12.9. The van der Waals surface area contributed by atoms with Crippen LogP contribution in [0, 0.1) is 0 Å². The van der Waals surface area contributed by atoms with Crippen LogP contribution in [0.15, 0.2) is 54.0 Å². The van der Waals surface area contributed by atoms with Crippen LogP contribution in [0.1, 0.15) is 10.6 Å². The second kappa shape index (κ2) is 5.77. The quantitative estimate of drug-likeness (QED) is 0.775. The Morgan fingerprint density at radius 2 is 1.95 bits per heavy atom. The molecule has 0 bridgehead atoms. The summed E-state index contributed by atoms with van der Waals surface area (Å²) in [6.07, 6.45) is 1.80. The van der Waals surface area contributed by atoms with Crippen LogP contribution < -0.4 is 5.32 Å². The normalized spacial score (nSPS) is 10.7. The van der Waals surface area contributed by atoms with Crippen LogP contribution in [0.25, 0.3) is 5.69 Å². The number of hydrogen-bond acceptors (Lipinski definition) is 4. The van der Waals surface area contributed by atoms with E-state index in [9.17, 15) is 0 Å². The Balaban J connectivity index is 1.59. The van der Waals surface area contributed by atoms with Gasteiger partial charge in [0.2, 0.25) is 0 Å². The average Bonchev–Trinajstić information content (AvgIpc) is 3.11. The van der Waals surface area contributed by atoms with Crippen molar-refractivity contribution in [2.75, 3.05) is 0 Å². The van der Waals surface area contributed by atoms with Gasteiger partial charge in [0, 0.05) is 18.0 Å². The lowest BCUT2D eigenvalue weighted by molar-refractivity contribution is 0.667. The molecule has 19 heavy (non-hydrogen) atoms. The third-order valence-electron chi connectivity index (χ3n) is 2.71. The van der Waals surface area contributed by atoms with E-state index in [0.717, 1.165) is 24.5 Å². The molecule has 3 aromatic rings. The first-order valence-electron chi connectivity index (χ1n) is 6.11. The lowest BCUT2D eigenvalue weighted by atomic mass is 10.3. The summed E-state index contributed by atoms with van der Waals surface area (Å²) in [5.41, 5.74) is 1.92. The summed E-state index contributed by atoms with van der Waals surface area (Å²) in [7, 11) is 0. The third kappa shape index (κ3) is 3.07. The average molecular weight is 270 g/mol. The minimum atomic E-state index is 0.727. The number of benzene rings is 1. The van der Waals surface area contributed by atoms with Gasteiger partial charge < -0.3 is 5.32 Å². The SMILES string of the molecule is c1ccc(-n2ncc(CNCc3cccs3)n2)cc1. The summed E-state index contributed by atoms with van der Waals surface area (Å²) in [6, 6.07) is 14.1. The van der Waals surface area contributed by atoms with Crippen molar-refractivity contribution >= 4 is 11.3 Å². The highest BCUT2D eigenvalue weighted by molar-refractivity contribution is 7.09. The molecule has 0 atom stereocenters. The fraction of sp³-hybridized carbons (Fsp3) is 0.143. The fourth-order valence-electron chi connectivity index (χ4n) is 1.79. The van der Waals surface area contributed by atoms with Crippen molar-refractivity contribution in [3.05, 3.63) is 64.6 Å². The topological polar surface area (TPSA) is 42.7 Å². The van der Waals surface area contributed by atoms with Crippen LogP contribution in [0.2, 0.25) is 0 Å². The van der Waals surface area contributed by atoms with E-state index in [4.69, 9.17) is 0 Å². The van der Waals surface area contributed by atoms with Gasteiger partial charge in [-0.3, -0.25) is 0 Å².